The van der Waals surface area contributed by atoms with Crippen LogP contribution in [0, 0.1) is 52.5 Å². The van der Waals surface area contributed by atoms with Gasteiger partial charge in [-0.3, -0.25) is 0 Å². The smallest absolute Gasteiger partial charge is 0.194 e. The number of benzene rings is 7. The highest BCUT2D eigenvalue weighted by Gasteiger charge is 2.58. The van der Waals surface area contributed by atoms with Gasteiger partial charge in [0.15, 0.2) is 113 Å². The van der Waals surface area contributed by atoms with E-state index in [0.717, 1.165) is 134 Å². The molecule has 31 rings (SSSR count). The lowest BCUT2D eigenvalue weighted by atomic mass is 9.75. The second-order valence-electron chi connectivity index (χ2n) is 41.6. The zero-order valence-electron chi connectivity index (χ0n) is 90.6. The van der Waals surface area contributed by atoms with Gasteiger partial charge in [0, 0.05) is 5.92 Å². The van der Waals surface area contributed by atoms with Crippen LogP contribution in [0.1, 0.15) is 217 Å². The van der Waals surface area contributed by atoms with Crippen molar-refractivity contribution in [3.63, 3.8) is 0 Å². The molecule has 0 saturated heterocycles. The lowest BCUT2D eigenvalue weighted by Gasteiger charge is -2.48. The molecule has 778 valence electrons. The van der Waals surface area contributed by atoms with E-state index in [4.69, 9.17) is 35.4 Å². The molecule has 0 fully saturated rings. The Morgan fingerprint density at radius 1 is 0.201 bits per heavy atom. The summed E-state index contributed by atoms with van der Waals surface area (Å²) in [5.41, 5.74) is -7.85. The van der Waals surface area contributed by atoms with E-state index in [1.54, 1.807) is 48.6 Å². The van der Waals surface area contributed by atoms with Crippen molar-refractivity contribution >= 4 is 72.1 Å². The van der Waals surface area contributed by atoms with Gasteiger partial charge in [0.2, 0.25) is 0 Å². The molecule has 8 nitrogen and oxygen atoms in total. The highest BCUT2D eigenvalue weighted by atomic mass is 28.4. The van der Waals surface area contributed by atoms with Crippen LogP contribution in [-0.2, 0) is 74.6 Å². The van der Waals surface area contributed by atoms with Gasteiger partial charge >= 0.3 is 0 Å². The van der Waals surface area contributed by atoms with Crippen LogP contribution < -0.4 is 0 Å². The first-order valence-corrected chi connectivity index (χ1v) is 75.0. The molecule has 24 heteroatoms. The summed E-state index contributed by atoms with van der Waals surface area (Å²) in [6, 6.07) is 56.6. The van der Waals surface area contributed by atoms with Crippen molar-refractivity contribution in [2.75, 3.05) is 0 Å². The predicted molar refractivity (Wildman–Crippen MR) is 601 cm³/mol. The van der Waals surface area contributed by atoms with Gasteiger partial charge in [-0.1, -0.05) is 306 Å². The first-order valence-electron chi connectivity index (χ1n) is 54.7. The van der Waals surface area contributed by atoms with Crippen LogP contribution in [0.3, 0.4) is 0 Å². The van der Waals surface area contributed by atoms with Crippen molar-refractivity contribution in [2.45, 2.75) is 362 Å². The first kappa shape index (κ1) is 114. The normalized spacial score (nSPS) is 23.8. The molecule has 0 radical (unpaired) electrons. The maximum Gasteiger partial charge on any atom is 0.194 e. The average Bonchev–Trinajstić information content (AvgIpc) is 0.710. The van der Waals surface area contributed by atoms with Gasteiger partial charge < -0.3 is 35.4 Å². The van der Waals surface area contributed by atoms with Crippen LogP contribution in [0.5, 0.6) is 0 Å². The number of hydrogen-bond donors (Lipinski definition) is 0. The minimum Gasteiger partial charge on any atom is -0.404 e. The van der Waals surface area contributed by atoms with E-state index in [9.17, 15) is 0 Å². The first-order chi connectivity index (χ1) is 68.8. The topological polar surface area (TPSA) is 73.8 Å². The summed E-state index contributed by atoms with van der Waals surface area (Å²) in [4.78, 5) is 0. The predicted octanol–water partition coefficient (Wildman–Crippen LogP) is 36.7. The molecule has 7 aromatic rings. The van der Waals surface area contributed by atoms with Crippen molar-refractivity contribution in [1.29, 1.82) is 0 Å². The lowest BCUT2D eigenvalue weighted by molar-refractivity contribution is 0.0889. The zero-order valence-corrected chi connectivity index (χ0v) is 98.6. The lowest BCUT2D eigenvalue weighted by Crippen LogP contribution is -2.52. The van der Waals surface area contributed by atoms with Crippen molar-refractivity contribution in [2.24, 2.45) is 5.92 Å². The van der Waals surface area contributed by atoms with Crippen LogP contribution in [0.25, 0.3) is 39.0 Å². The largest absolute Gasteiger partial charge is 0.404 e. The Balaban J connectivity index is 1.02. The number of rotatable bonds is 40. The molecule has 1 unspecified atom stereocenters. The third-order valence-corrected chi connectivity index (χ3v) is 73.2. The molecule has 24 aliphatic rings. The van der Waals surface area contributed by atoms with Crippen molar-refractivity contribution < 1.29 is 70.5 Å². The van der Waals surface area contributed by atoms with Crippen molar-refractivity contribution in [3.05, 3.63) is 328 Å². The molecule has 144 heavy (non-hydrogen) atoms. The Hall–Kier alpha value is -7.20. The van der Waals surface area contributed by atoms with E-state index in [0.29, 0.717) is 78.9 Å². The molecular weight excluding hydrogens is 1950 g/mol. The number of halogens is 8. The Labute approximate surface area is 866 Å². The molecule has 0 aliphatic heterocycles. The van der Waals surface area contributed by atoms with Crippen LogP contribution in [0.15, 0.2) is 237 Å². The van der Waals surface area contributed by atoms with E-state index in [1.807, 2.05) is 204 Å². The van der Waals surface area contributed by atoms with Crippen LogP contribution in [-0.4, -0.2) is 72.1 Å². The molecule has 0 saturated carbocycles. The fraction of sp³-hybridized carbons (Fsp3) is 0.483. The third-order valence-electron chi connectivity index (χ3n) is 36.1. The molecule has 24 bridgehead atoms. The van der Waals surface area contributed by atoms with E-state index < -0.39 is 180 Å². The second kappa shape index (κ2) is 45.5. The molecule has 0 heterocycles. The molecular formula is C120H162F8O8Si8. The summed E-state index contributed by atoms with van der Waals surface area (Å²) in [5.74, 6) is -12.9. The highest BCUT2D eigenvalue weighted by Crippen LogP contribution is 2.57. The Bertz CT molecular complexity index is 5760. The average molecular weight is 2110 g/mol. The highest BCUT2D eigenvalue weighted by molar-refractivity contribution is 6.77. The van der Waals surface area contributed by atoms with E-state index >= 15 is 35.1 Å². The van der Waals surface area contributed by atoms with Crippen LogP contribution >= 0.6 is 0 Å². The number of allylic oxidation sites excluding steroid dienone is 3. The standard InChI is InChI=1S/C120H162F8O8Si8/c1-25-137(26-2,27-3)129-113-73-81-117(82-74-113,133-141(37-13,38-14)39-15)101-105(121)107(123)102(108(124)106(101)122)118(134-142(40-16,41-17)42-18)83-75-114(76-84-118,130-138(28-4,29-5)30-6)99-69-61-95(62-70-99)91-53-55-92(56-54-91)96-63-71-100(72-64-96)116(132-140(34-10,35-11)36-12)79-87-120(88-80-116,136-144(46-22,47-23)48-24)104-111(127)109(125)103(110(126)112(104)128)119(135-143(43-19,44-20)45-21)85-77-115(78-86-119,131-139(31-7,32-8)33-9)98-67-59-94(60-68-98)90-51-49-89(50-52-90)93-57-65-97(113)66-58-93/h49-71,73-88,100H,25-48,72H2,1-24H3. The quantitative estimate of drug-likeness (QED) is 0.0163. The molecule has 0 aromatic heterocycles. The second-order valence-corrected chi connectivity index (χ2v) is 79.1. The third kappa shape index (κ3) is 20.8. The van der Waals surface area contributed by atoms with Crippen LogP contribution in [0.4, 0.5) is 35.1 Å². The summed E-state index contributed by atoms with van der Waals surface area (Å²) < 4.78 is 213. The van der Waals surface area contributed by atoms with Gasteiger partial charge in [-0.15, -0.1) is 0 Å². The van der Waals surface area contributed by atoms with Gasteiger partial charge in [-0.25, -0.2) is 35.1 Å². The van der Waals surface area contributed by atoms with Gasteiger partial charge in [-0.05, 0) is 310 Å². The minimum atomic E-state index is -3.03. The molecule has 1 atom stereocenters. The summed E-state index contributed by atoms with van der Waals surface area (Å²) in [6.45, 7) is 49.9. The summed E-state index contributed by atoms with van der Waals surface area (Å²) in [6.07, 6.45) is 34.5. The molecule has 7 aromatic carbocycles. The molecule has 0 amide bonds. The summed E-state index contributed by atoms with van der Waals surface area (Å²) in [7, 11) is -22.7. The van der Waals surface area contributed by atoms with Gasteiger partial charge in [0.05, 0.1) is 27.9 Å². The van der Waals surface area contributed by atoms with Crippen molar-refractivity contribution in [1.82, 2.24) is 0 Å². The maximum absolute atomic E-state index is 19.1. The van der Waals surface area contributed by atoms with Crippen molar-refractivity contribution in [3.8, 4) is 33.4 Å². The van der Waals surface area contributed by atoms with Gasteiger partial charge in [0.25, 0.3) is 0 Å². The maximum atomic E-state index is 19.1. The zero-order chi connectivity index (χ0) is 105. The molecule has 0 N–H and O–H groups in total. The van der Waals surface area contributed by atoms with E-state index in [-0.39, 0.29) is 5.92 Å². The summed E-state index contributed by atoms with van der Waals surface area (Å²) >= 11 is 0. The summed E-state index contributed by atoms with van der Waals surface area (Å²) in [5, 5.41) is 0. The SMILES string of the molecule is CC[Si](CC)(CC)OC12C=CC(O[Si](CC)(CC)CC)(C=C1)c1c(F)c(F)c(c(F)c1F)C1(O[Si](CC)(CC)CC)C=CC(O[Si](CC)(CC)CC)(C=C1)c1ccc(cc1)-c1ccc(cc1)-c1ccc(cc1)C1(O[Si](CC)(CC)CC)C=CC(O[Si](CC)(CC)CC)(C=C1)c1c(F)c(F)c(c(F)c1F)C1(O[Si](CC)(CC)CC)C=CC(O[Si](CC)(CC)CC)(C=C1)C1C=CC(=CC1)c1ccc(cc1)-c1ccc2cc1. The van der Waals surface area contributed by atoms with E-state index in [2.05, 4.69) is 150 Å². The molecule has 0 spiro atoms. The van der Waals surface area contributed by atoms with E-state index in [1.165, 1.54) is 0 Å². The Morgan fingerprint density at radius 2 is 0.354 bits per heavy atom. The minimum absolute atomic E-state index is 0.358. The number of hydrogen-bond acceptors (Lipinski definition) is 8. The Morgan fingerprint density at radius 3 is 0.528 bits per heavy atom. The Kier molecular flexibility index (Phi) is 36.0. The van der Waals surface area contributed by atoms with Gasteiger partial charge in [0.1, 0.15) is 39.2 Å². The fourth-order valence-corrected chi connectivity index (χ4v) is 47.1. The monoisotopic (exact) mass is 2110 g/mol. The fourth-order valence-electron chi connectivity index (χ4n) is 23.8. The van der Waals surface area contributed by atoms with Gasteiger partial charge in [-0.2, -0.15) is 0 Å². The molecule has 24 aliphatic carbocycles. The van der Waals surface area contributed by atoms with Crippen LogP contribution in [0.2, 0.25) is 145 Å².